The van der Waals surface area contributed by atoms with E-state index in [1.807, 2.05) is 6.92 Å². The van der Waals surface area contributed by atoms with E-state index in [-0.39, 0.29) is 17.7 Å². The summed E-state index contributed by atoms with van der Waals surface area (Å²) >= 11 is 0. The second-order valence-electron chi connectivity index (χ2n) is 4.06. The van der Waals surface area contributed by atoms with Crippen LogP contribution in [0.25, 0.3) is 5.69 Å². The Morgan fingerprint density at radius 1 is 1.40 bits per heavy atom. The Bertz CT molecular complexity index is 665. The molecule has 0 aliphatic carbocycles. The van der Waals surface area contributed by atoms with Crippen molar-refractivity contribution < 1.29 is 9.53 Å². The molecule has 0 fully saturated rings. The number of aromatic nitrogens is 3. The van der Waals surface area contributed by atoms with Gasteiger partial charge in [0.1, 0.15) is 0 Å². The van der Waals surface area contributed by atoms with Crippen LogP contribution in [0.5, 0.6) is 0 Å². The Morgan fingerprint density at radius 3 is 2.80 bits per heavy atom. The molecule has 2 heterocycles. The molecule has 0 bridgehead atoms. The predicted octanol–water partition coefficient (Wildman–Crippen LogP) is 1.37. The van der Waals surface area contributed by atoms with Crippen LogP contribution in [0.2, 0.25) is 0 Å². The summed E-state index contributed by atoms with van der Waals surface area (Å²) in [5, 5.41) is 4.06. The highest BCUT2D eigenvalue weighted by Gasteiger charge is 2.17. The summed E-state index contributed by atoms with van der Waals surface area (Å²) in [5.41, 5.74) is 0.598. The van der Waals surface area contributed by atoms with Gasteiger partial charge in [-0.1, -0.05) is 6.92 Å². The zero-order valence-electron chi connectivity index (χ0n) is 11.4. The molecule has 0 unspecified atom stereocenters. The van der Waals surface area contributed by atoms with E-state index in [0.717, 1.165) is 0 Å². The van der Waals surface area contributed by atoms with Crippen molar-refractivity contribution in [2.75, 3.05) is 6.61 Å². The van der Waals surface area contributed by atoms with E-state index >= 15 is 0 Å². The van der Waals surface area contributed by atoms with Gasteiger partial charge in [-0.15, -0.1) is 0 Å². The molecule has 0 amide bonds. The van der Waals surface area contributed by atoms with Crippen molar-refractivity contribution in [2.45, 2.75) is 20.3 Å². The number of carbonyl (C=O) groups excluding carboxylic acids is 1. The molecular weight excluding hydrogens is 258 g/mol. The number of ether oxygens (including phenoxy) is 1. The molecule has 0 radical (unpaired) electrons. The monoisotopic (exact) mass is 273 g/mol. The average Bonchev–Trinajstić information content (AvgIpc) is 2.48. The molecule has 0 N–H and O–H groups in total. The van der Waals surface area contributed by atoms with Gasteiger partial charge in [0.2, 0.25) is 11.1 Å². The fourth-order valence-corrected chi connectivity index (χ4v) is 1.75. The standard InChI is InChI=1S/C14H15N3O3/c1-3-10-9-17(11-6-5-7-15-8-11)16-12(13(10)18)14(19)20-4-2/h5-9H,3-4H2,1-2H3. The van der Waals surface area contributed by atoms with Gasteiger partial charge in [0.15, 0.2) is 0 Å². The lowest BCUT2D eigenvalue weighted by molar-refractivity contribution is 0.0515. The highest BCUT2D eigenvalue weighted by atomic mass is 16.5. The zero-order valence-corrected chi connectivity index (χ0v) is 11.4. The first-order valence-electron chi connectivity index (χ1n) is 6.37. The van der Waals surface area contributed by atoms with Gasteiger partial charge in [-0.3, -0.25) is 9.78 Å². The van der Waals surface area contributed by atoms with E-state index in [1.54, 1.807) is 37.6 Å². The summed E-state index contributed by atoms with van der Waals surface area (Å²) < 4.78 is 6.34. The van der Waals surface area contributed by atoms with Gasteiger partial charge < -0.3 is 4.74 Å². The van der Waals surface area contributed by atoms with E-state index < -0.39 is 5.97 Å². The van der Waals surface area contributed by atoms with Gasteiger partial charge in [-0.25, -0.2) is 9.48 Å². The molecule has 0 atom stereocenters. The predicted molar refractivity (Wildman–Crippen MR) is 73.0 cm³/mol. The number of aryl methyl sites for hydroxylation is 1. The summed E-state index contributed by atoms with van der Waals surface area (Å²) in [6, 6.07) is 3.55. The van der Waals surface area contributed by atoms with Crippen LogP contribution in [0.15, 0.2) is 35.5 Å². The Labute approximate surface area is 116 Å². The van der Waals surface area contributed by atoms with Gasteiger partial charge in [0, 0.05) is 18.0 Å². The van der Waals surface area contributed by atoms with Crippen LogP contribution in [0.4, 0.5) is 0 Å². The third-order valence-corrected chi connectivity index (χ3v) is 2.75. The molecule has 2 aromatic heterocycles. The molecule has 6 heteroatoms. The molecule has 2 aromatic rings. The number of pyridine rings is 1. The van der Waals surface area contributed by atoms with Crippen LogP contribution in [0, 0.1) is 0 Å². The molecule has 0 saturated heterocycles. The molecule has 0 aromatic carbocycles. The summed E-state index contributed by atoms with van der Waals surface area (Å²) in [6.45, 7) is 3.73. The van der Waals surface area contributed by atoms with Crippen LogP contribution < -0.4 is 5.43 Å². The third-order valence-electron chi connectivity index (χ3n) is 2.75. The number of hydrogen-bond acceptors (Lipinski definition) is 5. The second kappa shape index (κ2) is 6.10. The van der Waals surface area contributed by atoms with E-state index in [1.165, 1.54) is 4.68 Å². The first-order chi connectivity index (χ1) is 9.67. The average molecular weight is 273 g/mol. The van der Waals surface area contributed by atoms with Crippen LogP contribution in [-0.4, -0.2) is 27.3 Å². The minimum Gasteiger partial charge on any atom is -0.461 e. The van der Waals surface area contributed by atoms with Crippen molar-refractivity contribution in [2.24, 2.45) is 0 Å². The fraction of sp³-hybridized carbons (Fsp3) is 0.286. The maximum atomic E-state index is 12.1. The number of rotatable bonds is 4. The highest BCUT2D eigenvalue weighted by Crippen LogP contribution is 2.05. The fourth-order valence-electron chi connectivity index (χ4n) is 1.75. The summed E-state index contributed by atoms with van der Waals surface area (Å²) in [6.07, 6.45) is 5.36. The van der Waals surface area contributed by atoms with Gasteiger partial charge >= 0.3 is 5.97 Å². The number of hydrogen-bond donors (Lipinski definition) is 0. The highest BCUT2D eigenvalue weighted by molar-refractivity contribution is 5.87. The second-order valence-corrected chi connectivity index (χ2v) is 4.06. The lowest BCUT2D eigenvalue weighted by atomic mass is 10.2. The maximum Gasteiger partial charge on any atom is 0.362 e. The Balaban J connectivity index is 2.58. The van der Waals surface area contributed by atoms with E-state index in [2.05, 4.69) is 10.1 Å². The maximum absolute atomic E-state index is 12.1. The Morgan fingerprint density at radius 2 is 2.20 bits per heavy atom. The van der Waals surface area contributed by atoms with Gasteiger partial charge in [0.25, 0.3) is 0 Å². The minimum atomic E-state index is -0.703. The van der Waals surface area contributed by atoms with E-state index in [9.17, 15) is 9.59 Å². The molecule has 0 aliphatic rings. The lowest BCUT2D eigenvalue weighted by Gasteiger charge is -2.09. The Kier molecular flexibility index (Phi) is 4.24. The van der Waals surface area contributed by atoms with Gasteiger partial charge in [-0.2, -0.15) is 5.10 Å². The summed E-state index contributed by atoms with van der Waals surface area (Å²) in [4.78, 5) is 27.9. The molecule has 0 spiro atoms. The summed E-state index contributed by atoms with van der Waals surface area (Å²) in [5.74, 6) is -0.703. The largest absolute Gasteiger partial charge is 0.461 e. The smallest absolute Gasteiger partial charge is 0.362 e. The van der Waals surface area contributed by atoms with Crippen molar-refractivity contribution in [3.05, 3.63) is 52.2 Å². The summed E-state index contributed by atoms with van der Waals surface area (Å²) in [7, 11) is 0. The van der Waals surface area contributed by atoms with Crippen LogP contribution in [0.3, 0.4) is 0 Å². The quantitative estimate of drug-likeness (QED) is 0.786. The molecule has 2 rings (SSSR count). The Hall–Kier alpha value is -2.50. The SMILES string of the molecule is CCOC(=O)c1nn(-c2cccnc2)cc(CC)c1=O. The van der Waals surface area contributed by atoms with Crippen LogP contribution in [0.1, 0.15) is 29.9 Å². The van der Waals surface area contributed by atoms with Gasteiger partial charge in [0.05, 0.1) is 18.5 Å². The topological polar surface area (TPSA) is 74.1 Å². The van der Waals surface area contributed by atoms with E-state index in [4.69, 9.17) is 4.74 Å². The number of nitrogens with zero attached hydrogens (tertiary/aromatic N) is 3. The molecular formula is C14H15N3O3. The van der Waals surface area contributed by atoms with Crippen LogP contribution in [-0.2, 0) is 11.2 Å². The molecule has 0 aliphatic heterocycles. The molecule has 6 nitrogen and oxygen atoms in total. The molecule has 0 saturated carbocycles. The number of carbonyl (C=O) groups is 1. The van der Waals surface area contributed by atoms with Crippen molar-refractivity contribution in [1.29, 1.82) is 0 Å². The molecule has 20 heavy (non-hydrogen) atoms. The van der Waals surface area contributed by atoms with Crippen molar-refractivity contribution in [3.8, 4) is 5.69 Å². The van der Waals surface area contributed by atoms with Crippen molar-refractivity contribution in [1.82, 2.24) is 14.8 Å². The number of esters is 1. The lowest BCUT2D eigenvalue weighted by Crippen LogP contribution is -2.26. The van der Waals surface area contributed by atoms with E-state index in [0.29, 0.717) is 17.7 Å². The molecule has 104 valence electrons. The van der Waals surface area contributed by atoms with Gasteiger partial charge in [-0.05, 0) is 25.5 Å². The van der Waals surface area contributed by atoms with Crippen molar-refractivity contribution in [3.63, 3.8) is 0 Å². The first-order valence-corrected chi connectivity index (χ1v) is 6.37. The van der Waals surface area contributed by atoms with Crippen molar-refractivity contribution >= 4 is 5.97 Å². The van der Waals surface area contributed by atoms with Crippen LogP contribution >= 0.6 is 0 Å². The zero-order chi connectivity index (χ0) is 14.5. The minimum absolute atomic E-state index is 0.198. The first kappa shape index (κ1) is 13.9. The normalized spacial score (nSPS) is 10.3. The third kappa shape index (κ3) is 2.74.